The fraction of sp³-hybridized carbons (Fsp3) is 0.235. The molecule has 0 amide bonds. The molecule has 0 N–H and O–H groups in total. The first-order chi connectivity index (χ1) is 11.5. The molecule has 0 unspecified atom stereocenters. The van der Waals surface area contributed by atoms with Crippen molar-refractivity contribution in [1.29, 1.82) is 0 Å². The molecule has 2 aromatic rings. The number of nitro groups is 1. The van der Waals surface area contributed by atoms with Crippen LogP contribution in [0.2, 0.25) is 0 Å². The summed E-state index contributed by atoms with van der Waals surface area (Å²) in [7, 11) is 0. The summed E-state index contributed by atoms with van der Waals surface area (Å²) in [5, 5.41) is 10.8. The van der Waals surface area contributed by atoms with Gasteiger partial charge < -0.3 is 14.2 Å². The number of carbonyl (C=O) groups excluding carboxylic acids is 1. The predicted octanol–water partition coefficient (Wildman–Crippen LogP) is 3.04. The van der Waals surface area contributed by atoms with E-state index in [4.69, 9.17) is 14.2 Å². The lowest BCUT2D eigenvalue weighted by Gasteiger charge is -2.26. The van der Waals surface area contributed by atoms with Gasteiger partial charge in [-0.25, -0.2) is 4.79 Å². The zero-order valence-electron chi connectivity index (χ0n) is 12.9. The number of nitro benzene ring substituents is 1. The Bertz CT molecular complexity index is 775. The van der Waals surface area contributed by atoms with Crippen molar-refractivity contribution in [3.63, 3.8) is 0 Å². The topological polar surface area (TPSA) is 87.9 Å². The van der Waals surface area contributed by atoms with Gasteiger partial charge in [0.05, 0.1) is 4.92 Å². The van der Waals surface area contributed by atoms with Crippen LogP contribution in [0.1, 0.15) is 18.6 Å². The second kappa shape index (κ2) is 6.57. The number of benzene rings is 2. The molecule has 0 radical (unpaired) electrons. The van der Waals surface area contributed by atoms with Gasteiger partial charge in [0, 0.05) is 12.1 Å². The van der Waals surface area contributed by atoms with Crippen LogP contribution in [-0.4, -0.2) is 23.6 Å². The van der Waals surface area contributed by atoms with Gasteiger partial charge >= 0.3 is 5.97 Å². The van der Waals surface area contributed by atoms with Crippen LogP contribution in [0.4, 0.5) is 5.69 Å². The van der Waals surface area contributed by atoms with Crippen LogP contribution in [0.15, 0.2) is 48.5 Å². The van der Waals surface area contributed by atoms with Crippen molar-refractivity contribution in [1.82, 2.24) is 0 Å². The van der Waals surface area contributed by atoms with E-state index in [1.807, 2.05) is 6.07 Å². The molecule has 0 spiro atoms. The fourth-order valence-electron chi connectivity index (χ4n) is 2.35. The lowest BCUT2D eigenvalue weighted by Crippen LogP contribution is -2.38. The third-order valence-electron chi connectivity index (χ3n) is 3.61. The standard InChI is InChI=1S/C17H15NO6/c1-11(12-5-4-6-13(9-12)18(20)21)23-17(19)16-10-22-14-7-2-3-8-15(14)24-16/h2-9,11,16H,10H2,1H3/t11-,16-/m0/s1. The highest BCUT2D eigenvalue weighted by Gasteiger charge is 2.30. The molecule has 3 rings (SSSR count). The highest BCUT2D eigenvalue weighted by molar-refractivity contribution is 5.76. The van der Waals surface area contributed by atoms with E-state index in [-0.39, 0.29) is 12.3 Å². The molecule has 0 saturated heterocycles. The number of fused-ring (bicyclic) bond motifs is 1. The minimum Gasteiger partial charge on any atom is -0.485 e. The maximum absolute atomic E-state index is 12.2. The maximum Gasteiger partial charge on any atom is 0.351 e. The van der Waals surface area contributed by atoms with E-state index < -0.39 is 23.1 Å². The highest BCUT2D eigenvalue weighted by atomic mass is 16.6. The van der Waals surface area contributed by atoms with E-state index >= 15 is 0 Å². The first-order valence-corrected chi connectivity index (χ1v) is 7.38. The quantitative estimate of drug-likeness (QED) is 0.487. The third kappa shape index (κ3) is 3.29. The maximum atomic E-state index is 12.2. The van der Waals surface area contributed by atoms with Gasteiger partial charge in [0.25, 0.3) is 5.69 Å². The van der Waals surface area contributed by atoms with Gasteiger partial charge in [-0.05, 0) is 24.6 Å². The molecule has 1 aliphatic rings. The van der Waals surface area contributed by atoms with Gasteiger partial charge in [0.15, 0.2) is 11.5 Å². The average Bonchev–Trinajstić information content (AvgIpc) is 2.61. The zero-order valence-corrected chi connectivity index (χ0v) is 12.9. The van der Waals surface area contributed by atoms with Crippen LogP contribution in [0, 0.1) is 10.1 Å². The summed E-state index contributed by atoms with van der Waals surface area (Å²) in [5.74, 6) is 0.477. The molecule has 0 aliphatic carbocycles. The van der Waals surface area contributed by atoms with Crippen LogP contribution < -0.4 is 9.47 Å². The monoisotopic (exact) mass is 329 g/mol. The van der Waals surface area contributed by atoms with Gasteiger partial charge in [0.2, 0.25) is 6.10 Å². The molecule has 1 heterocycles. The molecular formula is C17H15NO6. The minimum absolute atomic E-state index is 0.0531. The lowest BCUT2D eigenvalue weighted by molar-refractivity contribution is -0.385. The summed E-state index contributed by atoms with van der Waals surface area (Å²) in [6.07, 6.45) is -1.51. The number of nitrogens with zero attached hydrogens (tertiary/aromatic N) is 1. The highest BCUT2D eigenvalue weighted by Crippen LogP contribution is 2.31. The summed E-state index contributed by atoms with van der Waals surface area (Å²) >= 11 is 0. The first-order valence-electron chi connectivity index (χ1n) is 7.38. The van der Waals surface area contributed by atoms with Gasteiger partial charge in [-0.1, -0.05) is 24.3 Å². The van der Waals surface area contributed by atoms with Crippen LogP contribution in [0.3, 0.4) is 0 Å². The van der Waals surface area contributed by atoms with Crippen LogP contribution >= 0.6 is 0 Å². The van der Waals surface area contributed by atoms with Crippen molar-refractivity contribution in [2.24, 2.45) is 0 Å². The van der Waals surface area contributed by atoms with Crippen molar-refractivity contribution in [2.75, 3.05) is 6.61 Å². The van der Waals surface area contributed by atoms with E-state index in [2.05, 4.69) is 0 Å². The number of non-ortho nitro benzene ring substituents is 1. The Labute approximate surface area is 137 Å². The van der Waals surface area contributed by atoms with Crippen LogP contribution in [0.5, 0.6) is 11.5 Å². The molecular weight excluding hydrogens is 314 g/mol. The lowest BCUT2D eigenvalue weighted by atomic mass is 10.1. The zero-order chi connectivity index (χ0) is 17.1. The summed E-state index contributed by atoms with van der Waals surface area (Å²) in [5.41, 5.74) is 0.483. The number of para-hydroxylation sites is 2. The molecule has 0 saturated carbocycles. The SMILES string of the molecule is C[C@H](OC(=O)[C@@H]1COc2ccccc2O1)c1cccc([N+](=O)[O-])c1. The molecule has 7 nitrogen and oxygen atoms in total. The van der Waals surface area contributed by atoms with Crippen molar-refractivity contribution >= 4 is 11.7 Å². The number of hydrogen-bond acceptors (Lipinski definition) is 6. The summed E-state index contributed by atoms with van der Waals surface area (Å²) in [6.45, 7) is 1.70. The van der Waals surface area contributed by atoms with Gasteiger partial charge in [-0.2, -0.15) is 0 Å². The van der Waals surface area contributed by atoms with E-state index in [1.165, 1.54) is 12.1 Å². The fourth-order valence-corrected chi connectivity index (χ4v) is 2.35. The van der Waals surface area contributed by atoms with Crippen molar-refractivity contribution in [2.45, 2.75) is 19.1 Å². The molecule has 24 heavy (non-hydrogen) atoms. The number of ether oxygens (including phenoxy) is 3. The normalized spacial score (nSPS) is 17.0. The van der Waals surface area contributed by atoms with Crippen LogP contribution in [-0.2, 0) is 9.53 Å². The van der Waals surface area contributed by atoms with Gasteiger partial charge in [-0.3, -0.25) is 10.1 Å². The van der Waals surface area contributed by atoms with E-state index in [9.17, 15) is 14.9 Å². The number of rotatable bonds is 4. The summed E-state index contributed by atoms with van der Waals surface area (Å²) < 4.78 is 16.4. The number of carbonyl (C=O) groups is 1. The third-order valence-corrected chi connectivity index (χ3v) is 3.61. The predicted molar refractivity (Wildman–Crippen MR) is 84.0 cm³/mol. The van der Waals surface area contributed by atoms with E-state index in [0.29, 0.717) is 17.1 Å². The molecule has 2 aromatic carbocycles. The Morgan fingerprint density at radius 3 is 2.75 bits per heavy atom. The Morgan fingerprint density at radius 1 is 1.25 bits per heavy atom. The largest absolute Gasteiger partial charge is 0.485 e. The van der Waals surface area contributed by atoms with E-state index in [0.717, 1.165) is 0 Å². The second-order valence-corrected chi connectivity index (χ2v) is 5.30. The van der Waals surface area contributed by atoms with Crippen molar-refractivity contribution in [3.8, 4) is 11.5 Å². The summed E-state index contributed by atoms with van der Waals surface area (Å²) in [6, 6.07) is 13.0. The van der Waals surface area contributed by atoms with Crippen molar-refractivity contribution in [3.05, 3.63) is 64.2 Å². The Hall–Kier alpha value is -3.09. The second-order valence-electron chi connectivity index (χ2n) is 5.30. The molecule has 0 bridgehead atoms. The Kier molecular flexibility index (Phi) is 4.33. The molecule has 124 valence electrons. The Balaban J connectivity index is 1.67. The molecule has 2 atom stereocenters. The smallest absolute Gasteiger partial charge is 0.351 e. The first kappa shape index (κ1) is 15.8. The van der Waals surface area contributed by atoms with Gasteiger partial charge in [-0.15, -0.1) is 0 Å². The van der Waals surface area contributed by atoms with Crippen molar-refractivity contribution < 1.29 is 23.9 Å². The van der Waals surface area contributed by atoms with Gasteiger partial charge in [0.1, 0.15) is 12.7 Å². The molecule has 1 aliphatic heterocycles. The Morgan fingerprint density at radius 2 is 2.00 bits per heavy atom. The van der Waals surface area contributed by atoms with Crippen LogP contribution in [0.25, 0.3) is 0 Å². The molecule has 7 heteroatoms. The molecule has 0 fully saturated rings. The average molecular weight is 329 g/mol. The minimum atomic E-state index is -0.874. The number of hydrogen-bond donors (Lipinski definition) is 0. The summed E-state index contributed by atoms with van der Waals surface area (Å²) in [4.78, 5) is 22.6. The number of esters is 1. The van der Waals surface area contributed by atoms with E-state index in [1.54, 1.807) is 37.3 Å². The molecule has 0 aromatic heterocycles.